The van der Waals surface area contributed by atoms with E-state index in [9.17, 15) is 18.0 Å². The van der Waals surface area contributed by atoms with Gasteiger partial charge in [-0.3, -0.25) is 4.98 Å². The highest BCUT2D eigenvalue weighted by Gasteiger charge is 2.34. The van der Waals surface area contributed by atoms with E-state index in [0.29, 0.717) is 9.64 Å². The van der Waals surface area contributed by atoms with E-state index in [1.165, 1.54) is 18.3 Å². The monoisotopic (exact) mass is 367 g/mol. The fourth-order valence-electron chi connectivity index (χ4n) is 1.56. The zero-order valence-corrected chi connectivity index (χ0v) is 10.8. The van der Waals surface area contributed by atoms with Gasteiger partial charge in [-0.25, -0.2) is 4.79 Å². The standard InChI is InChI=1S/C11H5F3INO2/c12-11(13,14)8-3-6(10(17)18)1-5-2-7(15)4-16-9(5)8/h1-4H,(H,17,18). The smallest absolute Gasteiger partial charge is 0.418 e. The van der Waals surface area contributed by atoms with Crippen LogP contribution in [0.5, 0.6) is 0 Å². The van der Waals surface area contributed by atoms with Gasteiger partial charge in [-0.2, -0.15) is 13.2 Å². The molecule has 7 heteroatoms. The van der Waals surface area contributed by atoms with E-state index in [4.69, 9.17) is 5.11 Å². The highest BCUT2D eigenvalue weighted by atomic mass is 127. The van der Waals surface area contributed by atoms with Crippen molar-refractivity contribution in [3.8, 4) is 0 Å². The van der Waals surface area contributed by atoms with Crippen molar-refractivity contribution in [3.05, 3.63) is 39.1 Å². The van der Waals surface area contributed by atoms with Crippen molar-refractivity contribution in [1.82, 2.24) is 4.98 Å². The second-order valence-corrected chi connectivity index (χ2v) is 4.80. The lowest BCUT2D eigenvalue weighted by Gasteiger charge is -2.11. The third kappa shape index (κ3) is 2.40. The minimum Gasteiger partial charge on any atom is -0.478 e. The summed E-state index contributed by atoms with van der Waals surface area (Å²) >= 11 is 1.90. The Balaban J connectivity index is 2.85. The number of carboxylic acid groups (broad SMARTS) is 1. The third-order valence-electron chi connectivity index (χ3n) is 2.30. The predicted octanol–water partition coefficient (Wildman–Crippen LogP) is 3.56. The van der Waals surface area contributed by atoms with Gasteiger partial charge in [0.2, 0.25) is 0 Å². The lowest BCUT2D eigenvalue weighted by Crippen LogP contribution is -2.09. The first kappa shape index (κ1) is 13.1. The Labute approximate surface area is 113 Å². The van der Waals surface area contributed by atoms with Crippen molar-refractivity contribution in [2.75, 3.05) is 0 Å². The lowest BCUT2D eigenvalue weighted by molar-refractivity contribution is -0.136. The van der Waals surface area contributed by atoms with Gasteiger partial charge in [0, 0.05) is 15.2 Å². The van der Waals surface area contributed by atoms with E-state index in [-0.39, 0.29) is 10.9 Å². The van der Waals surface area contributed by atoms with E-state index in [1.54, 1.807) is 0 Å². The summed E-state index contributed by atoms with van der Waals surface area (Å²) in [5.41, 5.74) is -1.68. The summed E-state index contributed by atoms with van der Waals surface area (Å²) in [6.45, 7) is 0. The van der Waals surface area contributed by atoms with Crippen LogP contribution < -0.4 is 0 Å². The van der Waals surface area contributed by atoms with Crippen LogP contribution in [0, 0.1) is 3.57 Å². The maximum Gasteiger partial charge on any atom is 0.418 e. The van der Waals surface area contributed by atoms with Gasteiger partial charge in [-0.1, -0.05) is 0 Å². The Morgan fingerprint density at radius 2 is 1.94 bits per heavy atom. The van der Waals surface area contributed by atoms with Gasteiger partial charge in [-0.15, -0.1) is 0 Å². The zero-order chi connectivity index (χ0) is 13.5. The SMILES string of the molecule is O=C(O)c1cc(C(F)(F)F)c2ncc(I)cc2c1. The largest absolute Gasteiger partial charge is 0.478 e. The summed E-state index contributed by atoms with van der Waals surface area (Å²) in [5, 5.41) is 8.98. The van der Waals surface area contributed by atoms with Gasteiger partial charge in [-0.05, 0) is 40.8 Å². The summed E-state index contributed by atoms with van der Waals surface area (Å²) in [6.07, 6.45) is -3.33. The van der Waals surface area contributed by atoms with Crippen LogP contribution in [0.4, 0.5) is 13.2 Å². The number of benzene rings is 1. The van der Waals surface area contributed by atoms with E-state index < -0.39 is 23.3 Å². The van der Waals surface area contributed by atoms with Gasteiger partial charge in [0.1, 0.15) is 0 Å². The zero-order valence-electron chi connectivity index (χ0n) is 8.62. The molecular formula is C11H5F3INO2. The number of carboxylic acids is 1. The number of hydrogen-bond donors (Lipinski definition) is 1. The van der Waals surface area contributed by atoms with Crippen molar-refractivity contribution in [3.63, 3.8) is 0 Å². The molecule has 94 valence electrons. The van der Waals surface area contributed by atoms with Gasteiger partial charge >= 0.3 is 12.1 Å². The number of aromatic carboxylic acids is 1. The quantitative estimate of drug-likeness (QED) is 0.785. The number of pyridine rings is 1. The number of hydrogen-bond acceptors (Lipinski definition) is 2. The molecule has 0 saturated heterocycles. The van der Waals surface area contributed by atoms with Gasteiger partial charge in [0.25, 0.3) is 0 Å². The van der Waals surface area contributed by atoms with Crippen LogP contribution in [0.3, 0.4) is 0 Å². The van der Waals surface area contributed by atoms with Crippen LogP contribution in [0.1, 0.15) is 15.9 Å². The Hall–Kier alpha value is -1.38. The second-order valence-electron chi connectivity index (χ2n) is 3.55. The lowest BCUT2D eigenvalue weighted by atomic mass is 10.0. The summed E-state index contributed by atoms with van der Waals surface area (Å²) < 4.78 is 39.1. The minimum atomic E-state index is -4.64. The molecule has 0 unspecified atom stereocenters. The molecule has 0 aliphatic heterocycles. The molecule has 0 saturated carbocycles. The van der Waals surface area contributed by atoms with E-state index >= 15 is 0 Å². The second kappa shape index (κ2) is 4.38. The van der Waals surface area contributed by atoms with Crippen LogP contribution in [-0.2, 0) is 6.18 Å². The molecule has 2 aromatic rings. The normalized spacial score (nSPS) is 11.8. The molecule has 1 aromatic carbocycles. The number of aromatic nitrogens is 1. The summed E-state index contributed by atoms with van der Waals surface area (Å²) in [4.78, 5) is 14.5. The molecule has 0 aliphatic carbocycles. The maximum atomic E-state index is 12.8. The van der Waals surface area contributed by atoms with E-state index in [0.717, 1.165) is 0 Å². The van der Waals surface area contributed by atoms with E-state index in [2.05, 4.69) is 4.98 Å². The van der Waals surface area contributed by atoms with Gasteiger partial charge in [0.15, 0.2) is 0 Å². The molecule has 0 spiro atoms. The summed E-state index contributed by atoms with van der Waals surface area (Å²) in [7, 11) is 0. The molecular weight excluding hydrogens is 362 g/mol. The molecule has 3 nitrogen and oxygen atoms in total. The molecule has 18 heavy (non-hydrogen) atoms. The van der Waals surface area contributed by atoms with Gasteiger partial charge < -0.3 is 5.11 Å². The highest BCUT2D eigenvalue weighted by Crippen LogP contribution is 2.35. The number of nitrogens with zero attached hydrogens (tertiary/aromatic N) is 1. The van der Waals surface area contributed by atoms with Crippen LogP contribution in [0.15, 0.2) is 24.4 Å². The fourth-order valence-corrected chi connectivity index (χ4v) is 2.04. The topological polar surface area (TPSA) is 50.2 Å². The Bertz CT molecular complexity index is 640. The molecule has 0 amide bonds. The Kier molecular flexibility index (Phi) is 3.18. The fraction of sp³-hybridized carbons (Fsp3) is 0.0909. The minimum absolute atomic E-state index is 0.161. The van der Waals surface area contributed by atoms with Crippen LogP contribution >= 0.6 is 22.6 Å². The first-order chi connectivity index (χ1) is 8.29. The average molecular weight is 367 g/mol. The molecule has 0 atom stereocenters. The van der Waals surface area contributed by atoms with Crippen molar-refractivity contribution in [1.29, 1.82) is 0 Å². The maximum absolute atomic E-state index is 12.8. The van der Waals surface area contributed by atoms with Crippen molar-refractivity contribution in [2.45, 2.75) is 6.18 Å². The Morgan fingerprint density at radius 3 is 2.50 bits per heavy atom. The molecule has 0 bridgehead atoms. The number of halogens is 4. The molecule has 1 N–H and O–H groups in total. The molecule has 2 rings (SSSR count). The average Bonchev–Trinajstić information content (AvgIpc) is 2.25. The summed E-state index contributed by atoms with van der Waals surface area (Å²) in [5.74, 6) is -1.40. The third-order valence-corrected chi connectivity index (χ3v) is 2.89. The molecule has 1 heterocycles. The first-order valence-electron chi connectivity index (χ1n) is 4.69. The number of alkyl halides is 3. The highest BCUT2D eigenvalue weighted by molar-refractivity contribution is 14.1. The first-order valence-corrected chi connectivity index (χ1v) is 5.76. The predicted molar refractivity (Wildman–Crippen MR) is 66.4 cm³/mol. The molecule has 0 aliphatic rings. The van der Waals surface area contributed by atoms with Crippen molar-refractivity contribution in [2.24, 2.45) is 0 Å². The molecule has 0 fully saturated rings. The van der Waals surface area contributed by atoms with Crippen LogP contribution in [-0.4, -0.2) is 16.1 Å². The molecule has 1 aromatic heterocycles. The number of carbonyl (C=O) groups is 1. The number of fused-ring (bicyclic) bond motifs is 1. The van der Waals surface area contributed by atoms with Crippen LogP contribution in [0.25, 0.3) is 10.9 Å². The van der Waals surface area contributed by atoms with Crippen molar-refractivity contribution >= 4 is 39.5 Å². The van der Waals surface area contributed by atoms with Crippen LogP contribution in [0.2, 0.25) is 0 Å². The van der Waals surface area contributed by atoms with Crippen molar-refractivity contribution < 1.29 is 23.1 Å². The number of rotatable bonds is 1. The van der Waals surface area contributed by atoms with Gasteiger partial charge in [0.05, 0.1) is 16.6 Å². The van der Waals surface area contributed by atoms with E-state index in [1.807, 2.05) is 22.6 Å². The molecule has 0 radical (unpaired) electrons. The Morgan fingerprint density at radius 1 is 1.28 bits per heavy atom. The summed E-state index contributed by atoms with van der Waals surface area (Å²) in [6, 6.07) is 3.25.